The molecule has 0 amide bonds. The first-order valence-electron chi connectivity index (χ1n) is 16.4. The molecule has 0 aliphatic heterocycles. The number of benzene rings is 7. The van der Waals surface area contributed by atoms with Crippen LogP contribution >= 0.6 is 11.8 Å². The Morgan fingerprint density at radius 1 is 0.490 bits per heavy atom. The van der Waals surface area contributed by atoms with Crippen molar-refractivity contribution in [2.75, 3.05) is 0 Å². The zero-order chi connectivity index (χ0) is 32.8. The van der Waals surface area contributed by atoms with E-state index in [4.69, 9.17) is 0 Å². The van der Waals surface area contributed by atoms with Gasteiger partial charge in [0.25, 0.3) is 0 Å². The number of hydrogen-bond donors (Lipinski definition) is 0. The summed E-state index contributed by atoms with van der Waals surface area (Å²) in [4.78, 5) is 18.1. The van der Waals surface area contributed by atoms with Crippen molar-refractivity contribution in [2.45, 2.75) is 10.3 Å². The van der Waals surface area contributed by atoms with Gasteiger partial charge in [0.05, 0.1) is 11.1 Å². The van der Waals surface area contributed by atoms with Gasteiger partial charge in [-0.3, -0.25) is 0 Å². The Morgan fingerprint density at radius 3 is 1.61 bits per heavy atom. The van der Waals surface area contributed by atoms with E-state index in [9.17, 15) is 4.79 Å². The van der Waals surface area contributed by atoms with Crippen LogP contribution in [0.4, 0.5) is 5.69 Å². The van der Waals surface area contributed by atoms with Crippen LogP contribution in [0.3, 0.4) is 0 Å². The Kier molecular flexibility index (Phi) is 7.09. The molecule has 1 spiro atoms. The third kappa shape index (κ3) is 4.52. The van der Waals surface area contributed by atoms with Gasteiger partial charge in [0, 0.05) is 20.9 Å². The molecule has 0 fully saturated rings. The van der Waals surface area contributed by atoms with Gasteiger partial charge >= 0.3 is 0 Å². The summed E-state index contributed by atoms with van der Waals surface area (Å²) in [6.07, 6.45) is 1.80. The molecule has 0 saturated carbocycles. The normalized spacial score (nSPS) is 13.5. The smallest absolute Gasteiger partial charge is 0.211 e. The van der Waals surface area contributed by atoms with Crippen LogP contribution in [0.2, 0.25) is 0 Å². The molecule has 0 N–H and O–H groups in total. The van der Waals surface area contributed by atoms with E-state index < -0.39 is 5.41 Å². The van der Waals surface area contributed by atoms with Crippen molar-refractivity contribution < 1.29 is 4.79 Å². The van der Waals surface area contributed by atoms with Gasteiger partial charge in [-0.15, -0.1) is 0 Å². The predicted molar refractivity (Wildman–Crippen MR) is 202 cm³/mol. The summed E-state index contributed by atoms with van der Waals surface area (Å²) < 4.78 is 0. The van der Waals surface area contributed by atoms with Crippen LogP contribution in [0, 0.1) is 0 Å². The Morgan fingerprint density at radius 2 is 1.00 bits per heavy atom. The summed E-state index contributed by atoms with van der Waals surface area (Å²) in [5.74, 6) is 0. The minimum atomic E-state index is -0.454. The van der Waals surface area contributed by atoms with Crippen LogP contribution in [0.5, 0.6) is 0 Å². The summed E-state index contributed by atoms with van der Waals surface area (Å²) in [6, 6.07) is 62.5. The van der Waals surface area contributed by atoms with Crippen molar-refractivity contribution in [3.63, 3.8) is 0 Å². The predicted octanol–water partition coefficient (Wildman–Crippen LogP) is 11.7. The maximum atomic E-state index is 11.7. The standard InChI is InChI=1S/C46H29NOS/c48-30-47-43-26-14-10-22-38(43)44(31-15-3-1-4-16-31)45(49-33-17-5-2-6-18-33)32-27-28-37-36-21-9-13-25-41(36)46(42(37)29-32)39-23-11-7-19-34(39)35-20-8-12-24-40(35)46/h1-29H/b45-44-. The molecular weight excluding hydrogens is 615 g/mol. The number of para-hydroxylation sites is 1. The third-order valence-electron chi connectivity index (χ3n) is 9.85. The van der Waals surface area contributed by atoms with Crippen molar-refractivity contribution in [2.24, 2.45) is 4.99 Å². The van der Waals surface area contributed by atoms with Crippen LogP contribution in [-0.4, -0.2) is 6.08 Å². The number of isocyanates is 1. The quantitative estimate of drug-likeness (QED) is 0.0781. The van der Waals surface area contributed by atoms with E-state index in [2.05, 4.69) is 151 Å². The maximum absolute atomic E-state index is 11.7. The molecule has 2 aliphatic rings. The second kappa shape index (κ2) is 11.9. The van der Waals surface area contributed by atoms with Crippen molar-refractivity contribution in [3.8, 4) is 22.3 Å². The van der Waals surface area contributed by atoms with E-state index in [0.29, 0.717) is 5.69 Å². The lowest BCUT2D eigenvalue weighted by molar-refractivity contribution is 0.565. The van der Waals surface area contributed by atoms with Crippen molar-refractivity contribution in [1.29, 1.82) is 0 Å². The van der Waals surface area contributed by atoms with Crippen LogP contribution in [0.1, 0.15) is 38.9 Å². The lowest BCUT2D eigenvalue weighted by atomic mass is 9.70. The lowest BCUT2D eigenvalue weighted by Crippen LogP contribution is -2.25. The van der Waals surface area contributed by atoms with Gasteiger partial charge in [0.2, 0.25) is 6.08 Å². The van der Waals surface area contributed by atoms with E-state index in [1.165, 1.54) is 44.5 Å². The molecule has 0 unspecified atom stereocenters. The first-order chi connectivity index (χ1) is 24.3. The van der Waals surface area contributed by atoms with Crippen molar-refractivity contribution in [3.05, 3.63) is 215 Å². The van der Waals surface area contributed by atoms with Gasteiger partial charge in [-0.2, -0.15) is 4.99 Å². The number of aliphatic imine (C=N–C) groups is 1. The van der Waals surface area contributed by atoms with E-state index >= 15 is 0 Å². The average Bonchev–Trinajstić information content (AvgIpc) is 3.63. The van der Waals surface area contributed by atoms with Crippen LogP contribution in [0.15, 0.2) is 186 Å². The fourth-order valence-corrected chi connectivity index (χ4v) is 9.05. The molecule has 0 radical (unpaired) electrons. The maximum Gasteiger partial charge on any atom is 0.240 e. The molecular formula is C46H29NOS. The van der Waals surface area contributed by atoms with Gasteiger partial charge in [-0.1, -0.05) is 163 Å². The molecule has 7 aromatic rings. The van der Waals surface area contributed by atoms with E-state index in [-0.39, 0.29) is 0 Å². The second-order valence-corrected chi connectivity index (χ2v) is 13.4. The van der Waals surface area contributed by atoms with Gasteiger partial charge < -0.3 is 0 Å². The first kappa shape index (κ1) is 29.2. The summed E-state index contributed by atoms with van der Waals surface area (Å²) in [5, 5.41) is 0. The molecule has 9 rings (SSSR count). The number of hydrogen-bond acceptors (Lipinski definition) is 3. The molecule has 0 heterocycles. The Labute approximate surface area is 290 Å². The molecule has 2 nitrogen and oxygen atoms in total. The fourth-order valence-electron chi connectivity index (χ4n) is 7.94. The molecule has 7 aromatic carbocycles. The SMILES string of the molecule is O=C=Nc1ccccc1/C(=C(\Sc1ccccc1)c1ccc2c(c1)C1(c3ccccc3-c3ccccc31)c1ccccc1-2)c1ccccc1. The van der Waals surface area contributed by atoms with Crippen molar-refractivity contribution >= 4 is 34.0 Å². The number of thioether (sulfide) groups is 1. The average molecular weight is 644 g/mol. The third-order valence-corrected chi connectivity index (χ3v) is 11.0. The Balaban J connectivity index is 1.39. The minimum Gasteiger partial charge on any atom is -0.211 e. The summed E-state index contributed by atoms with van der Waals surface area (Å²) in [7, 11) is 0. The highest BCUT2D eigenvalue weighted by Crippen LogP contribution is 2.63. The number of fused-ring (bicyclic) bond motifs is 10. The molecule has 230 valence electrons. The highest BCUT2D eigenvalue weighted by molar-refractivity contribution is 8.08. The first-order valence-corrected chi connectivity index (χ1v) is 17.2. The van der Waals surface area contributed by atoms with Gasteiger partial charge in [-0.25, -0.2) is 4.79 Å². The van der Waals surface area contributed by atoms with E-state index in [1.54, 1.807) is 17.8 Å². The topological polar surface area (TPSA) is 29.4 Å². The Hall–Kier alpha value is -5.99. The lowest BCUT2D eigenvalue weighted by Gasteiger charge is -2.31. The molecule has 49 heavy (non-hydrogen) atoms. The summed E-state index contributed by atoms with van der Waals surface area (Å²) in [5.41, 5.74) is 14.5. The summed E-state index contributed by atoms with van der Waals surface area (Å²) in [6.45, 7) is 0. The van der Waals surface area contributed by atoms with Crippen molar-refractivity contribution in [1.82, 2.24) is 0 Å². The molecule has 0 saturated heterocycles. The van der Waals surface area contributed by atoms with E-state index in [0.717, 1.165) is 32.1 Å². The number of nitrogens with zero attached hydrogens (tertiary/aromatic N) is 1. The van der Waals surface area contributed by atoms with Gasteiger partial charge in [-0.05, 0) is 79.9 Å². The molecule has 0 bridgehead atoms. The minimum absolute atomic E-state index is 0.454. The number of carbonyl (C=O) groups excluding carboxylic acids is 1. The van der Waals surface area contributed by atoms with Gasteiger partial charge in [0.15, 0.2) is 0 Å². The van der Waals surface area contributed by atoms with Crippen LogP contribution in [-0.2, 0) is 10.2 Å². The molecule has 0 aromatic heterocycles. The highest BCUT2D eigenvalue weighted by atomic mass is 32.2. The Bertz CT molecular complexity index is 2410. The van der Waals surface area contributed by atoms with Crippen LogP contribution in [0.25, 0.3) is 32.7 Å². The highest BCUT2D eigenvalue weighted by Gasteiger charge is 2.51. The largest absolute Gasteiger partial charge is 0.240 e. The summed E-state index contributed by atoms with van der Waals surface area (Å²) >= 11 is 1.74. The molecule has 3 heteroatoms. The zero-order valence-corrected chi connectivity index (χ0v) is 27.3. The molecule has 0 atom stereocenters. The van der Waals surface area contributed by atoms with E-state index in [1.807, 2.05) is 30.3 Å². The monoisotopic (exact) mass is 643 g/mol. The molecule has 2 aliphatic carbocycles. The fraction of sp³-hybridized carbons (Fsp3) is 0.0217. The van der Waals surface area contributed by atoms with Crippen LogP contribution < -0.4 is 0 Å². The zero-order valence-electron chi connectivity index (χ0n) is 26.5. The number of rotatable bonds is 6. The second-order valence-electron chi connectivity index (χ2n) is 12.4. The van der Waals surface area contributed by atoms with Gasteiger partial charge in [0.1, 0.15) is 0 Å².